The zero-order valence-corrected chi connectivity index (χ0v) is 17.3. The zero-order chi connectivity index (χ0) is 19.9. The van der Waals surface area contributed by atoms with Gasteiger partial charge in [0.2, 0.25) is 5.91 Å². The lowest BCUT2D eigenvalue weighted by Gasteiger charge is -2.09. The summed E-state index contributed by atoms with van der Waals surface area (Å²) in [5, 5.41) is 12.7. The van der Waals surface area contributed by atoms with E-state index >= 15 is 0 Å². The molecule has 0 unspecified atom stereocenters. The van der Waals surface area contributed by atoms with Crippen LogP contribution in [0.4, 0.5) is 5.69 Å². The first-order valence-corrected chi connectivity index (χ1v) is 10.3. The van der Waals surface area contributed by atoms with E-state index in [1.807, 2.05) is 42.7 Å². The van der Waals surface area contributed by atoms with Crippen molar-refractivity contribution in [3.05, 3.63) is 53.6 Å². The van der Waals surface area contributed by atoms with E-state index in [4.69, 9.17) is 16.3 Å². The van der Waals surface area contributed by atoms with E-state index < -0.39 is 0 Å². The van der Waals surface area contributed by atoms with Crippen LogP contribution in [0.25, 0.3) is 11.4 Å². The third-order valence-corrected chi connectivity index (χ3v) is 5.10. The number of aromatic nitrogens is 3. The maximum atomic E-state index is 12.2. The molecule has 8 heteroatoms. The third kappa shape index (κ3) is 5.05. The van der Waals surface area contributed by atoms with Crippen LogP contribution in [-0.4, -0.2) is 33.0 Å². The van der Waals surface area contributed by atoms with Crippen molar-refractivity contribution in [2.45, 2.75) is 25.5 Å². The summed E-state index contributed by atoms with van der Waals surface area (Å²) in [6, 6.07) is 14.8. The molecule has 28 heavy (non-hydrogen) atoms. The van der Waals surface area contributed by atoms with Crippen molar-refractivity contribution in [2.75, 3.05) is 17.7 Å². The average Bonchev–Trinajstić information content (AvgIpc) is 3.10. The van der Waals surface area contributed by atoms with Crippen LogP contribution in [0, 0.1) is 0 Å². The molecular formula is C20H21ClN4O2S. The van der Waals surface area contributed by atoms with Gasteiger partial charge in [-0.1, -0.05) is 29.4 Å². The van der Waals surface area contributed by atoms with Crippen LogP contribution in [-0.2, 0) is 11.3 Å². The van der Waals surface area contributed by atoms with Crippen LogP contribution in [0.2, 0.25) is 5.02 Å². The number of nitrogens with zero attached hydrogens (tertiary/aromatic N) is 3. The molecule has 0 spiro atoms. The molecule has 3 rings (SSSR count). The van der Waals surface area contributed by atoms with E-state index in [0.717, 1.165) is 17.1 Å². The Kier molecular flexibility index (Phi) is 6.95. The van der Waals surface area contributed by atoms with Gasteiger partial charge in [-0.25, -0.2) is 0 Å². The van der Waals surface area contributed by atoms with Gasteiger partial charge in [-0.2, -0.15) is 0 Å². The van der Waals surface area contributed by atoms with E-state index in [2.05, 4.69) is 15.5 Å². The highest BCUT2D eigenvalue weighted by atomic mass is 35.5. The third-order valence-electron chi connectivity index (χ3n) is 3.90. The van der Waals surface area contributed by atoms with Gasteiger partial charge in [0.25, 0.3) is 0 Å². The van der Waals surface area contributed by atoms with E-state index in [1.165, 1.54) is 11.8 Å². The molecular weight excluding hydrogens is 396 g/mol. The van der Waals surface area contributed by atoms with E-state index in [0.29, 0.717) is 29.0 Å². The van der Waals surface area contributed by atoms with Crippen molar-refractivity contribution < 1.29 is 9.53 Å². The highest BCUT2D eigenvalue weighted by Crippen LogP contribution is 2.26. The number of rotatable bonds is 8. The molecule has 6 nitrogen and oxygen atoms in total. The fourth-order valence-electron chi connectivity index (χ4n) is 2.65. The number of carbonyl (C=O) groups is 1. The zero-order valence-electron chi connectivity index (χ0n) is 15.7. The first kappa shape index (κ1) is 20.2. The molecule has 0 saturated carbocycles. The molecule has 0 fully saturated rings. The number of hydrogen-bond donors (Lipinski definition) is 1. The van der Waals surface area contributed by atoms with Gasteiger partial charge in [0, 0.05) is 22.8 Å². The molecule has 1 amide bonds. The topological polar surface area (TPSA) is 69.0 Å². The van der Waals surface area contributed by atoms with Crippen molar-refractivity contribution in [3.8, 4) is 17.1 Å². The second-order valence-corrected chi connectivity index (χ2v) is 7.23. The maximum Gasteiger partial charge on any atom is 0.234 e. The summed E-state index contributed by atoms with van der Waals surface area (Å²) in [7, 11) is 0. The van der Waals surface area contributed by atoms with Gasteiger partial charge in [-0.3, -0.25) is 4.79 Å². The summed E-state index contributed by atoms with van der Waals surface area (Å²) in [6.07, 6.45) is 0. The smallest absolute Gasteiger partial charge is 0.234 e. The predicted octanol–water partition coefficient (Wildman–Crippen LogP) is 4.75. The van der Waals surface area contributed by atoms with Gasteiger partial charge < -0.3 is 14.6 Å². The van der Waals surface area contributed by atoms with Gasteiger partial charge in [0.15, 0.2) is 11.0 Å². The second-order valence-electron chi connectivity index (χ2n) is 5.86. The summed E-state index contributed by atoms with van der Waals surface area (Å²) in [5.74, 6) is 1.69. The summed E-state index contributed by atoms with van der Waals surface area (Å²) in [5.41, 5.74) is 1.62. The van der Waals surface area contributed by atoms with E-state index in [9.17, 15) is 4.79 Å². The molecule has 0 aliphatic heterocycles. The van der Waals surface area contributed by atoms with E-state index in [-0.39, 0.29) is 11.7 Å². The first-order valence-electron chi connectivity index (χ1n) is 8.95. The lowest BCUT2D eigenvalue weighted by Crippen LogP contribution is -2.14. The van der Waals surface area contributed by atoms with Crippen LogP contribution >= 0.6 is 23.4 Å². The lowest BCUT2D eigenvalue weighted by atomic mass is 10.2. The number of anilines is 1. The second kappa shape index (κ2) is 9.61. The van der Waals surface area contributed by atoms with Gasteiger partial charge in [0.05, 0.1) is 12.4 Å². The first-order chi connectivity index (χ1) is 13.6. The van der Waals surface area contributed by atoms with Gasteiger partial charge in [-0.05, 0) is 56.3 Å². The average molecular weight is 417 g/mol. The van der Waals surface area contributed by atoms with Gasteiger partial charge in [0.1, 0.15) is 5.75 Å². The number of ether oxygens (including phenoxy) is 1. The molecule has 1 aromatic heterocycles. The van der Waals surface area contributed by atoms with Crippen molar-refractivity contribution in [1.29, 1.82) is 0 Å². The van der Waals surface area contributed by atoms with E-state index in [1.54, 1.807) is 24.3 Å². The number of nitrogens with one attached hydrogen (secondary N) is 1. The summed E-state index contributed by atoms with van der Waals surface area (Å²) < 4.78 is 7.47. The Bertz CT molecular complexity index is 944. The quantitative estimate of drug-likeness (QED) is 0.537. The van der Waals surface area contributed by atoms with Crippen molar-refractivity contribution in [1.82, 2.24) is 14.8 Å². The Labute approximate surface area is 173 Å². The van der Waals surface area contributed by atoms with Crippen molar-refractivity contribution >= 4 is 35.0 Å². The molecule has 0 saturated heterocycles. The van der Waals surface area contributed by atoms with Crippen molar-refractivity contribution in [2.24, 2.45) is 0 Å². The number of amides is 1. The fourth-order valence-corrected chi connectivity index (χ4v) is 3.65. The predicted molar refractivity (Wildman–Crippen MR) is 113 cm³/mol. The van der Waals surface area contributed by atoms with Gasteiger partial charge >= 0.3 is 0 Å². The molecule has 0 bridgehead atoms. The number of hydrogen-bond acceptors (Lipinski definition) is 5. The summed E-state index contributed by atoms with van der Waals surface area (Å²) in [4.78, 5) is 12.2. The minimum atomic E-state index is -0.125. The molecule has 2 aromatic carbocycles. The maximum absolute atomic E-state index is 12.2. The molecule has 1 N–H and O–H groups in total. The fraction of sp³-hybridized carbons (Fsp3) is 0.250. The van der Waals surface area contributed by atoms with Crippen LogP contribution in [0.1, 0.15) is 13.8 Å². The number of halogens is 1. The van der Waals surface area contributed by atoms with Crippen molar-refractivity contribution in [3.63, 3.8) is 0 Å². The van der Waals surface area contributed by atoms with Crippen LogP contribution in [0.5, 0.6) is 5.75 Å². The Hall–Kier alpha value is -2.51. The monoisotopic (exact) mass is 416 g/mol. The lowest BCUT2D eigenvalue weighted by molar-refractivity contribution is -0.113. The Morgan fingerprint density at radius 3 is 2.64 bits per heavy atom. The minimum absolute atomic E-state index is 0.125. The highest BCUT2D eigenvalue weighted by molar-refractivity contribution is 7.99. The Morgan fingerprint density at radius 2 is 1.96 bits per heavy atom. The molecule has 146 valence electrons. The molecule has 0 aliphatic rings. The number of thioether (sulfide) groups is 1. The summed E-state index contributed by atoms with van der Waals surface area (Å²) in [6.45, 7) is 5.31. The molecule has 0 aliphatic carbocycles. The normalized spacial score (nSPS) is 10.7. The van der Waals surface area contributed by atoms with Crippen LogP contribution < -0.4 is 10.1 Å². The standard InChI is InChI=1S/C20H21ClN4O2S/c1-3-25-19(14-8-10-17(11-9-14)27-4-2)23-24-20(25)28-13-18(26)22-16-7-5-6-15(21)12-16/h5-12H,3-4,13H2,1-2H3,(H,22,26). The van der Waals surface area contributed by atoms with Crippen LogP contribution in [0.15, 0.2) is 53.7 Å². The Balaban J connectivity index is 1.67. The number of benzene rings is 2. The largest absolute Gasteiger partial charge is 0.494 e. The molecule has 1 heterocycles. The van der Waals surface area contributed by atoms with Gasteiger partial charge in [-0.15, -0.1) is 10.2 Å². The van der Waals surface area contributed by atoms with Crippen LogP contribution in [0.3, 0.4) is 0 Å². The molecule has 0 atom stereocenters. The molecule has 0 radical (unpaired) electrons. The Morgan fingerprint density at radius 1 is 1.18 bits per heavy atom. The SMILES string of the molecule is CCOc1ccc(-c2nnc(SCC(=O)Nc3cccc(Cl)c3)n2CC)cc1. The minimum Gasteiger partial charge on any atom is -0.494 e. The number of carbonyl (C=O) groups excluding carboxylic acids is 1. The summed E-state index contributed by atoms with van der Waals surface area (Å²) >= 11 is 7.29. The molecule has 3 aromatic rings. The highest BCUT2D eigenvalue weighted by Gasteiger charge is 2.15.